The largest absolute Gasteiger partial charge is 0.461 e. The quantitative estimate of drug-likeness (QED) is 0.214. The standard InChI is InChI=1S/C41H53N3O6/c1-25(2)21-35(40(48)43-34(23-28-15-9-6-10-16-28)38(46)41(49)50-26(3)4)44-39(47)32(22-27-13-7-5-8-14-27)31-19-20-33-36(37(31)45)30-18-12-11-17-29(30)24-42-33/h5,7-8,11-14,17-18,20,24-26,28-29,31-32,34-35,38,46H,6,9-10,15-16,19,21-23H2,1-4H3,(H,43,48)(H,44,47). The fourth-order valence-electron chi connectivity index (χ4n) is 7.68. The van der Waals surface area contributed by atoms with Gasteiger partial charge in [0.25, 0.3) is 0 Å². The highest BCUT2D eigenvalue weighted by Gasteiger charge is 2.42. The van der Waals surface area contributed by atoms with Crippen molar-refractivity contribution in [2.45, 2.75) is 110 Å². The van der Waals surface area contributed by atoms with Crippen molar-refractivity contribution in [3.05, 3.63) is 83.1 Å². The maximum Gasteiger partial charge on any atom is 0.337 e. The van der Waals surface area contributed by atoms with Crippen LogP contribution in [0.5, 0.6) is 0 Å². The summed E-state index contributed by atoms with van der Waals surface area (Å²) in [7, 11) is 0. The van der Waals surface area contributed by atoms with Gasteiger partial charge in [-0.3, -0.25) is 19.4 Å². The van der Waals surface area contributed by atoms with Crippen molar-refractivity contribution in [2.24, 2.45) is 34.6 Å². The van der Waals surface area contributed by atoms with Crippen LogP contribution in [0.3, 0.4) is 0 Å². The molecule has 5 rings (SSSR count). The van der Waals surface area contributed by atoms with Crippen LogP contribution in [-0.2, 0) is 30.3 Å². The summed E-state index contributed by atoms with van der Waals surface area (Å²) in [5, 5.41) is 17.1. The van der Waals surface area contributed by atoms with E-state index in [1.54, 1.807) is 13.8 Å². The molecule has 3 N–H and O–H groups in total. The van der Waals surface area contributed by atoms with E-state index in [2.05, 4.69) is 15.6 Å². The molecule has 0 bridgehead atoms. The fourth-order valence-corrected chi connectivity index (χ4v) is 7.68. The van der Waals surface area contributed by atoms with E-state index in [9.17, 15) is 24.3 Å². The fraction of sp³-hybridized carbons (Fsp3) is 0.537. The molecule has 50 heavy (non-hydrogen) atoms. The summed E-state index contributed by atoms with van der Waals surface area (Å²) >= 11 is 0. The van der Waals surface area contributed by atoms with Gasteiger partial charge < -0.3 is 20.5 Å². The van der Waals surface area contributed by atoms with Crippen molar-refractivity contribution >= 4 is 29.8 Å². The lowest BCUT2D eigenvalue weighted by molar-refractivity contribution is -0.159. The molecule has 3 aliphatic carbocycles. The summed E-state index contributed by atoms with van der Waals surface area (Å²) in [6.07, 6.45) is 16.3. The number of benzene rings is 1. The van der Waals surface area contributed by atoms with Crippen LogP contribution >= 0.6 is 0 Å². The smallest absolute Gasteiger partial charge is 0.337 e. The molecular formula is C41H53N3O6. The van der Waals surface area contributed by atoms with Gasteiger partial charge in [0.05, 0.1) is 23.8 Å². The monoisotopic (exact) mass is 683 g/mol. The minimum Gasteiger partial charge on any atom is -0.461 e. The summed E-state index contributed by atoms with van der Waals surface area (Å²) < 4.78 is 5.32. The first-order valence-corrected chi connectivity index (χ1v) is 18.4. The summed E-state index contributed by atoms with van der Waals surface area (Å²) in [5.41, 5.74) is 3.01. The highest BCUT2D eigenvalue weighted by Crippen LogP contribution is 2.39. The van der Waals surface area contributed by atoms with Crippen molar-refractivity contribution in [3.8, 4) is 0 Å². The van der Waals surface area contributed by atoms with Crippen molar-refractivity contribution in [1.82, 2.24) is 10.6 Å². The molecule has 1 aliphatic heterocycles. The molecule has 0 spiro atoms. The number of hydrogen-bond acceptors (Lipinski definition) is 7. The molecule has 0 saturated heterocycles. The van der Waals surface area contributed by atoms with Crippen LogP contribution in [-0.4, -0.2) is 59.2 Å². The summed E-state index contributed by atoms with van der Waals surface area (Å²) in [6, 6.07) is 7.81. The molecule has 4 aliphatic rings. The van der Waals surface area contributed by atoms with Gasteiger partial charge in [0.1, 0.15) is 6.04 Å². The zero-order valence-electron chi connectivity index (χ0n) is 29.8. The Bertz CT molecular complexity index is 1550. The first-order valence-electron chi connectivity index (χ1n) is 18.4. The molecule has 0 radical (unpaired) electrons. The summed E-state index contributed by atoms with van der Waals surface area (Å²) in [4.78, 5) is 60.3. The Morgan fingerprint density at radius 3 is 2.42 bits per heavy atom. The number of nitrogens with one attached hydrogen (secondary N) is 2. The van der Waals surface area contributed by atoms with E-state index >= 15 is 0 Å². The van der Waals surface area contributed by atoms with Gasteiger partial charge in [-0.05, 0) is 62.5 Å². The third kappa shape index (κ3) is 9.36. The number of Topliss-reactive ketones (excluding diaryl/α,β-unsaturated/α-hetero) is 1. The zero-order chi connectivity index (χ0) is 35.8. The number of aliphatic hydroxyl groups excluding tert-OH is 1. The predicted octanol–water partition coefficient (Wildman–Crippen LogP) is 5.74. The van der Waals surface area contributed by atoms with Crippen LogP contribution in [0.2, 0.25) is 0 Å². The second-order valence-corrected chi connectivity index (χ2v) is 14.9. The number of carbonyl (C=O) groups excluding carboxylic acids is 4. The van der Waals surface area contributed by atoms with E-state index in [-0.39, 0.29) is 29.4 Å². The average molecular weight is 684 g/mol. The van der Waals surface area contributed by atoms with Gasteiger partial charge in [-0.15, -0.1) is 0 Å². The number of nitrogens with zero attached hydrogens (tertiary/aromatic N) is 1. The van der Waals surface area contributed by atoms with Gasteiger partial charge in [0.15, 0.2) is 11.9 Å². The van der Waals surface area contributed by atoms with E-state index in [0.29, 0.717) is 37.0 Å². The highest BCUT2D eigenvalue weighted by molar-refractivity contribution is 6.07. The molecule has 9 nitrogen and oxygen atoms in total. The van der Waals surface area contributed by atoms with Gasteiger partial charge in [-0.1, -0.05) is 107 Å². The summed E-state index contributed by atoms with van der Waals surface area (Å²) in [5.74, 6) is -2.92. The Morgan fingerprint density at radius 2 is 1.72 bits per heavy atom. The van der Waals surface area contributed by atoms with Gasteiger partial charge in [-0.2, -0.15) is 0 Å². The lowest BCUT2D eigenvalue weighted by atomic mass is 9.72. The number of hydrogen-bond donors (Lipinski definition) is 3. The van der Waals surface area contributed by atoms with Gasteiger partial charge in [0.2, 0.25) is 11.8 Å². The van der Waals surface area contributed by atoms with Crippen LogP contribution in [0, 0.1) is 29.6 Å². The number of aliphatic imine (C=N–C) groups is 1. The third-order valence-corrected chi connectivity index (χ3v) is 10.2. The molecule has 0 aromatic heterocycles. The maximum absolute atomic E-state index is 14.4. The topological polar surface area (TPSA) is 134 Å². The number of rotatable bonds is 14. The number of fused-ring (bicyclic) bond motifs is 2. The molecule has 6 unspecified atom stereocenters. The number of ketones is 1. The minimum atomic E-state index is -1.54. The summed E-state index contributed by atoms with van der Waals surface area (Å²) in [6.45, 7) is 7.37. The Hall–Kier alpha value is -4.11. The number of dihydropyridines is 1. The second-order valence-electron chi connectivity index (χ2n) is 14.9. The van der Waals surface area contributed by atoms with Gasteiger partial charge >= 0.3 is 5.97 Å². The normalized spacial score (nSPS) is 22.7. The van der Waals surface area contributed by atoms with Crippen LogP contribution in [0.4, 0.5) is 0 Å². The van der Waals surface area contributed by atoms with Crippen molar-refractivity contribution in [1.29, 1.82) is 0 Å². The van der Waals surface area contributed by atoms with Gasteiger partial charge in [0, 0.05) is 23.6 Å². The number of allylic oxidation sites excluding steroid dienone is 7. The zero-order valence-corrected chi connectivity index (χ0v) is 29.8. The van der Waals surface area contributed by atoms with E-state index in [0.717, 1.165) is 43.2 Å². The SMILES string of the molecule is CC(C)CC(NC(=O)C(Cc1ccccc1)C1CC=C2N=CC3C=CC=CC3=C2C1=O)C(=O)NC(CC1CCCCC1)C(O)C(=O)OC(C)C. The number of esters is 1. The molecule has 6 atom stereocenters. The molecule has 1 aromatic carbocycles. The third-order valence-electron chi connectivity index (χ3n) is 10.2. The number of carbonyl (C=O) groups is 4. The first kappa shape index (κ1) is 37.2. The van der Waals surface area contributed by atoms with Gasteiger partial charge in [-0.25, -0.2) is 4.79 Å². The molecule has 1 fully saturated rings. The highest BCUT2D eigenvalue weighted by atomic mass is 16.6. The maximum atomic E-state index is 14.4. The predicted molar refractivity (Wildman–Crippen MR) is 194 cm³/mol. The van der Waals surface area contributed by atoms with Crippen molar-refractivity contribution in [3.63, 3.8) is 0 Å². The Labute approximate surface area is 296 Å². The average Bonchev–Trinajstić information content (AvgIpc) is 3.10. The van der Waals surface area contributed by atoms with Crippen molar-refractivity contribution < 1.29 is 29.0 Å². The Morgan fingerprint density at radius 1 is 0.980 bits per heavy atom. The number of amides is 2. The van der Waals surface area contributed by atoms with E-state index in [1.165, 1.54) is 0 Å². The molecule has 1 heterocycles. The lowest BCUT2D eigenvalue weighted by Gasteiger charge is -2.34. The Kier molecular flexibility index (Phi) is 12.8. The molecule has 1 aromatic rings. The van der Waals surface area contributed by atoms with Crippen LogP contribution < -0.4 is 10.6 Å². The van der Waals surface area contributed by atoms with Crippen LogP contribution in [0.1, 0.15) is 84.6 Å². The lowest BCUT2D eigenvalue weighted by Crippen LogP contribution is -2.56. The minimum absolute atomic E-state index is 0.0446. The van der Waals surface area contributed by atoms with E-state index in [4.69, 9.17) is 4.74 Å². The first-order chi connectivity index (χ1) is 24.0. The Balaban J connectivity index is 1.40. The second kappa shape index (κ2) is 17.2. The number of ether oxygens (including phenoxy) is 1. The molecule has 9 heteroatoms. The van der Waals surface area contributed by atoms with Crippen molar-refractivity contribution in [2.75, 3.05) is 0 Å². The molecule has 2 amide bonds. The molecular weight excluding hydrogens is 630 g/mol. The van der Waals surface area contributed by atoms with E-state index in [1.807, 2.05) is 80.8 Å². The van der Waals surface area contributed by atoms with Crippen LogP contribution in [0.25, 0.3) is 0 Å². The van der Waals surface area contributed by atoms with E-state index < -0.39 is 48.0 Å². The number of aliphatic hydroxyl groups is 1. The molecule has 268 valence electrons. The molecule has 1 saturated carbocycles. The van der Waals surface area contributed by atoms with Crippen LogP contribution in [0.15, 0.2) is 82.5 Å².